The lowest BCUT2D eigenvalue weighted by atomic mass is 10.3. The molecule has 1 aromatic carbocycles. The van der Waals surface area contributed by atoms with E-state index in [2.05, 4.69) is 22.1 Å². The number of methoxy groups -OCH3 is 2. The highest BCUT2D eigenvalue weighted by Gasteiger charge is 2.27. The highest BCUT2D eigenvalue weighted by molar-refractivity contribution is 14.0. The van der Waals surface area contributed by atoms with Crippen LogP contribution in [0.4, 0.5) is 5.69 Å². The van der Waals surface area contributed by atoms with Gasteiger partial charge in [0.1, 0.15) is 0 Å². The van der Waals surface area contributed by atoms with Crippen molar-refractivity contribution < 1.29 is 9.47 Å². The Bertz CT molecular complexity index is 521. The van der Waals surface area contributed by atoms with Gasteiger partial charge in [-0.2, -0.15) is 0 Å². The number of guanidine groups is 1. The number of halogens is 1. The van der Waals surface area contributed by atoms with Crippen LogP contribution < -0.4 is 20.5 Å². The molecule has 0 amide bonds. The summed E-state index contributed by atoms with van der Waals surface area (Å²) in [7, 11) is 3.22. The fourth-order valence-electron chi connectivity index (χ4n) is 2.44. The van der Waals surface area contributed by atoms with Gasteiger partial charge in [0, 0.05) is 24.3 Å². The molecule has 1 saturated carbocycles. The normalized spacial score (nSPS) is 14.3. The number of hydrogen-bond acceptors (Lipinski definition) is 4. The van der Waals surface area contributed by atoms with Crippen LogP contribution in [0.5, 0.6) is 11.5 Å². The zero-order chi connectivity index (χ0) is 15.9. The second kappa shape index (κ2) is 9.82. The number of benzene rings is 1. The number of nitrogens with two attached hydrogens (primary N) is 1. The quantitative estimate of drug-likeness (QED) is 0.374. The van der Waals surface area contributed by atoms with E-state index in [1.807, 2.05) is 18.2 Å². The van der Waals surface area contributed by atoms with E-state index in [0.717, 1.165) is 24.8 Å². The van der Waals surface area contributed by atoms with Gasteiger partial charge in [-0.1, -0.05) is 6.92 Å². The lowest BCUT2D eigenvalue weighted by Crippen LogP contribution is -2.30. The second-order valence-electron chi connectivity index (χ2n) is 5.32. The number of nitrogens with zero attached hydrogens (tertiary/aromatic N) is 2. The van der Waals surface area contributed by atoms with Crippen molar-refractivity contribution in [3.8, 4) is 11.5 Å². The van der Waals surface area contributed by atoms with Crippen molar-refractivity contribution in [3.63, 3.8) is 0 Å². The zero-order valence-electron chi connectivity index (χ0n) is 14.0. The molecular weight excluding hydrogens is 407 g/mol. The Morgan fingerprint density at radius 1 is 1.30 bits per heavy atom. The van der Waals surface area contributed by atoms with E-state index in [9.17, 15) is 0 Å². The van der Waals surface area contributed by atoms with Gasteiger partial charge in [-0.3, -0.25) is 9.89 Å². The third-order valence-corrected chi connectivity index (χ3v) is 3.79. The molecule has 3 N–H and O–H groups in total. The maximum Gasteiger partial charge on any atom is 0.193 e. The van der Waals surface area contributed by atoms with Crippen molar-refractivity contribution in [2.75, 3.05) is 39.2 Å². The van der Waals surface area contributed by atoms with E-state index < -0.39 is 0 Å². The maximum absolute atomic E-state index is 5.94. The van der Waals surface area contributed by atoms with Crippen LogP contribution >= 0.6 is 24.0 Å². The van der Waals surface area contributed by atoms with E-state index in [-0.39, 0.29) is 24.0 Å². The minimum absolute atomic E-state index is 0. The van der Waals surface area contributed by atoms with Crippen molar-refractivity contribution in [1.29, 1.82) is 0 Å². The smallest absolute Gasteiger partial charge is 0.193 e. The summed E-state index contributed by atoms with van der Waals surface area (Å²) in [6, 6.07) is 6.32. The lowest BCUT2D eigenvalue weighted by molar-refractivity contribution is 0.286. The highest BCUT2D eigenvalue weighted by Crippen LogP contribution is 2.29. The summed E-state index contributed by atoms with van der Waals surface area (Å²) in [5.74, 6) is 1.76. The Labute approximate surface area is 155 Å². The van der Waals surface area contributed by atoms with Crippen molar-refractivity contribution in [2.45, 2.75) is 25.8 Å². The largest absolute Gasteiger partial charge is 0.493 e. The number of anilines is 1. The van der Waals surface area contributed by atoms with E-state index in [4.69, 9.17) is 15.2 Å². The van der Waals surface area contributed by atoms with Gasteiger partial charge in [0.2, 0.25) is 0 Å². The van der Waals surface area contributed by atoms with Crippen LogP contribution in [0.3, 0.4) is 0 Å². The van der Waals surface area contributed by atoms with Gasteiger partial charge in [0.25, 0.3) is 0 Å². The number of rotatable bonds is 8. The third-order valence-electron chi connectivity index (χ3n) is 3.79. The van der Waals surface area contributed by atoms with Crippen LogP contribution in [-0.2, 0) is 0 Å². The highest BCUT2D eigenvalue weighted by atomic mass is 127. The van der Waals surface area contributed by atoms with Gasteiger partial charge in [-0.25, -0.2) is 0 Å². The molecule has 0 aliphatic heterocycles. The van der Waals surface area contributed by atoms with Crippen LogP contribution in [0.2, 0.25) is 0 Å². The second-order valence-corrected chi connectivity index (χ2v) is 5.32. The van der Waals surface area contributed by atoms with Crippen molar-refractivity contribution in [3.05, 3.63) is 18.2 Å². The predicted octanol–water partition coefficient (Wildman–Crippen LogP) is 2.53. The van der Waals surface area contributed by atoms with Gasteiger partial charge in [0.15, 0.2) is 17.5 Å². The van der Waals surface area contributed by atoms with E-state index in [1.54, 1.807) is 14.2 Å². The average Bonchev–Trinajstić information content (AvgIpc) is 3.36. The predicted molar refractivity (Wildman–Crippen MR) is 105 cm³/mol. The Kier molecular flexibility index (Phi) is 8.46. The Hall–Kier alpha value is -1.22. The summed E-state index contributed by atoms with van der Waals surface area (Å²) >= 11 is 0. The number of aliphatic imine (C=N–C) groups is 1. The molecule has 0 heterocycles. The summed E-state index contributed by atoms with van der Waals surface area (Å²) < 4.78 is 10.5. The topological polar surface area (TPSA) is 72.1 Å². The summed E-state index contributed by atoms with van der Waals surface area (Å²) in [4.78, 5) is 6.84. The monoisotopic (exact) mass is 434 g/mol. The molecule has 1 aliphatic carbocycles. The summed E-state index contributed by atoms with van der Waals surface area (Å²) in [6.45, 7) is 4.92. The average molecular weight is 434 g/mol. The first kappa shape index (κ1) is 19.8. The van der Waals surface area contributed by atoms with Gasteiger partial charge in [-0.05, 0) is 31.5 Å². The van der Waals surface area contributed by atoms with Crippen LogP contribution in [-0.4, -0.2) is 50.8 Å². The molecule has 23 heavy (non-hydrogen) atoms. The summed E-state index contributed by atoms with van der Waals surface area (Å²) in [5.41, 5.74) is 6.76. The van der Waals surface area contributed by atoms with Crippen LogP contribution in [0.15, 0.2) is 23.2 Å². The minimum atomic E-state index is 0. The number of ether oxygens (including phenoxy) is 2. The zero-order valence-corrected chi connectivity index (χ0v) is 16.4. The Morgan fingerprint density at radius 2 is 2.00 bits per heavy atom. The Morgan fingerprint density at radius 3 is 2.57 bits per heavy atom. The minimum Gasteiger partial charge on any atom is -0.493 e. The van der Waals surface area contributed by atoms with E-state index >= 15 is 0 Å². The Balaban J connectivity index is 0.00000264. The van der Waals surface area contributed by atoms with E-state index in [1.165, 1.54) is 12.8 Å². The van der Waals surface area contributed by atoms with Crippen LogP contribution in [0.1, 0.15) is 19.8 Å². The van der Waals surface area contributed by atoms with Crippen molar-refractivity contribution in [2.24, 2.45) is 10.7 Å². The number of likely N-dealkylation sites (N-methyl/N-ethyl adjacent to an activating group) is 1. The van der Waals surface area contributed by atoms with Gasteiger partial charge < -0.3 is 20.5 Å². The first-order valence-corrected chi connectivity index (χ1v) is 7.71. The lowest BCUT2D eigenvalue weighted by Gasteiger charge is -2.18. The molecule has 1 fully saturated rings. The molecule has 1 aliphatic rings. The number of hydrogen-bond donors (Lipinski definition) is 2. The molecule has 0 radical (unpaired) electrons. The molecule has 7 heteroatoms. The van der Waals surface area contributed by atoms with Gasteiger partial charge in [-0.15, -0.1) is 24.0 Å². The van der Waals surface area contributed by atoms with Crippen molar-refractivity contribution in [1.82, 2.24) is 4.90 Å². The molecular formula is C16H27IN4O2. The molecule has 0 saturated heterocycles. The summed E-state index contributed by atoms with van der Waals surface area (Å²) in [6.07, 6.45) is 2.63. The van der Waals surface area contributed by atoms with Crippen LogP contribution in [0.25, 0.3) is 0 Å². The molecule has 0 unspecified atom stereocenters. The van der Waals surface area contributed by atoms with E-state index in [0.29, 0.717) is 24.0 Å². The first-order chi connectivity index (χ1) is 10.7. The standard InChI is InChI=1S/C16H26N4O2.HI/c1-4-20(13-6-7-13)10-9-18-16(17)19-12-5-8-14(21-2)15(11-12)22-3;/h5,8,11,13H,4,6-7,9-10H2,1-3H3,(H3,17,18,19);1H. The maximum atomic E-state index is 5.94. The molecule has 0 bridgehead atoms. The number of nitrogens with one attached hydrogen (secondary N) is 1. The van der Waals surface area contributed by atoms with Gasteiger partial charge >= 0.3 is 0 Å². The van der Waals surface area contributed by atoms with Crippen LogP contribution in [0, 0.1) is 0 Å². The third kappa shape index (κ3) is 6.06. The fraction of sp³-hybridized carbons (Fsp3) is 0.562. The molecule has 0 spiro atoms. The van der Waals surface area contributed by atoms with Crippen molar-refractivity contribution >= 4 is 35.6 Å². The molecule has 130 valence electrons. The first-order valence-electron chi connectivity index (χ1n) is 7.71. The van der Waals surface area contributed by atoms with Gasteiger partial charge in [0.05, 0.1) is 20.8 Å². The molecule has 0 aromatic heterocycles. The fourth-order valence-corrected chi connectivity index (χ4v) is 2.44. The molecule has 0 atom stereocenters. The molecule has 2 rings (SSSR count). The summed E-state index contributed by atoms with van der Waals surface area (Å²) in [5, 5.41) is 3.08. The molecule has 6 nitrogen and oxygen atoms in total. The SMILES string of the molecule is CCN(CCN=C(N)Nc1ccc(OC)c(OC)c1)C1CC1.I. The molecule has 1 aromatic rings.